The van der Waals surface area contributed by atoms with Gasteiger partial charge in [0, 0.05) is 11.6 Å². The van der Waals surface area contributed by atoms with Gasteiger partial charge in [-0.3, -0.25) is 9.10 Å². The SMILES string of the molecule is COc1ccc(OC)c(N(CC(=O)N/N=C\c2cccc(OC)c2O)S(=O)(=O)c2ccc(C)cc2)c1. The summed E-state index contributed by atoms with van der Waals surface area (Å²) in [6.45, 7) is 1.23. The molecule has 0 fully saturated rings. The largest absolute Gasteiger partial charge is 0.504 e. The molecule has 0 aliphatic rings. The Kier molecular flexibility index (Phi) is 8.38. The maximum atomic E-state index is 13.6. The smallest absolute Gasteiger partial charge is 0.264 e. The molecule has 0 radical (unpaired) electrons. The van der Waals surface area contributed by atoms with Crippen LogP contribution in [0.25, 0.3) is 0 Å². The molecule has 0 heterocycles. The average molecular weight is 514 g/mol. The molecule has 1 amide bonds. The summed E-state index contributed by atoms with van der Waals surface area (Å²) in [4.78, 5) is 12.8. The lowest BCUT2D eigenvalue weighted by Gasteiger charge is -2.25. The van der Waals surface area contributed by atoms with Crippen LogP contribution in [0, 0.1) is 6.92 Å². The lowest BCUT2D eigenvalue weighted by Crippen LogP contribution is -2.39. The number of hydrogen-bond acceptors (Lipinski definition) is 8. The zero-order valence-electron chi connectivity index (χ0n) is 20.3. The molecule has 11 heteroatoms. The van der Waals surface area contributed by atoms with Gasteiger partial charge < -0.3 is 19.3 Å². The zero-order valence-corrected chi connectivity index (χ0v) is 21.1. The number of carbonyl (C=O) groups is 1. The predicted molar refractivity (Wildman–Crippen MR) is 136 cm³/mol. The van der Waals surface area contributed by atoms with Crippen molar-refractivity contribution in [3.05, 3.63) is 71.8 Å². The second kappa shape index (κ2) is 11.5. The molecule has 0 spiro atoms. The van der Waals surface area contributed by atoms with Crippen molar-refractivity contribution < 1.29 is 32.5 Å². The fourth-order valence-electron chi connectivity index (χ4n) is 3.28. The normalized spacial score (nSPS) is 11.2. The molecule has 3 aromatic carbocycles. The summed E-state index contributed by atoms with van der Waals surface area (Å²) in [7, 11) is 0.0625. The van der Waals surface area contributed by atoms with Gasteiger partial charge in [-0.1, -0.05) is 23.8 Å². The standard InChI is InChI=1S/C25H27N3O7S/c1-17-8-11-20(12-9-17)36(31,32)28(21-14-19(33-2)10-13-22(21)34-3)16-24(29)27-26-15-18-6-5-7-23(35-4)25(18)30/h5-15,30H,16H2,1-4H3,(H,27,29)/b26-15-. The molecule has 3 rings (SSSR count). The van der Waals surface area contributed by atoms with E-state index in [-0.39, 0.29) is 27.8 Å². The first-order chi connectivity index (χ1) is 17.2. The first-order valence-corrected chi connectivity index (χ1v) is 12.1. The number of nitrogens with zero attached hydrogens (tertiary/aromatic N) is 2. The molecule has 0 aliphatic heterocycles. The molecule has 0 atom stereocenters. The second-order valence-electron chi connectivity index (χ2n) is 7.55. The van der Waals surface area contributed by atoms with Crippen LogP contribution in [0.2, 0.25) is 0 Å². The van der Waals surface area contributed by atoms with Gasteiger partial charge in [0.25, 0.3) is 15.9 Å². The average Bonchev–Trinajstić information content (AvgIpc) is 2.88. The molecule has 0 bridgehead atoms. The molecule has 0 aliphatic carbocycles. The van der Waals surface area contributed by atoms with Gasteiger partial charge in [-0.05, 0) is 43.3 Å². The number of phenolic OH excluding ortho intramolecular Hbond substituents is 1. The van der Waals surface area contributed by atoms with Crippen molar-refractivity contribution in [1.82, 2.24) is 5.43 Å². The Bertz CT molecular complexity index is 1360. The Balaban J connectivity index is 1.95. The Morgan fingerprint density at radius 2 is 1.69 bits per heavy atom. The number of sulfonamides is 1. The van der Waals surface area contributed by atoms with E-state index in [0.717, 1.165) is 9.87 Å². The summed E-state index contributed by atoms with van der Waals surface area (Å²) in [5.41, 5.74) is 3.59. The molecule has 0 saturated carbocycles. The minimum Gasteiger partial charge on any atom is -0.504 e. The molecule has 0 unspecified atom stereocenters. The summed E-state index contributed by atoms with van der Waals surface area (Å²) >= 11 is 0. The molecule has 10 nitrogen and oxygen atoms in total. The maximum absolute atomic E-state index is 13.6. The van der Waals surface area contributed by atoms with E-state index in [1.807, 2.05) is 6.92 Å². The van der Waals surface area contributed by atoms with E-state index in [4.69, 9.17) is 14.2 Å². The number of ether oxygens (including phenoxy) is 3. The summed E-state index contributed by atoms with van der Waals surface area (Å²) in [5.74, 6) is -0.0337. The van der Waals surface area contributed by atoms with Gasteiger partial charge in [0.2, 0.25) is 0 Å². The minimum atomic E-state index is -4.19. The number of methoxy groups -OCH3 is 3. The number of hydrazone groups is 1. The number of phenols is 1. The lowest BCUT2D eigenvalue weighted by atomic mass is 10.2. The van der Waals surface area contributed by atoms with Crippen LogP contribution in [0.4, 0.5) is 5.69 Å². The van der Waals surface area contributed by atoms with Crippen LogP contribution < -0.4 is 23.9 Å². The molecule has 2 N–H and O–H groups in total. The highest BCUT2D eigenvalue weighted by Gasteiger charge is 2.30. The predicted octanol–water partition coefficient (Wildman–Crippen LogP) is 3.07. The van der Waals surface area contributed by atoms with Gasteiger partial charge in [0.15, 0.2) is 11.5 Å². The van der Waals surface area contributed by atoms with Crippen LogP contribution in [0.5, 0.6) is 23.0 Å². The summed E-state index contributed by atoms with van der Waals surface area (Å²) in [5, 5.41) is 14.0. The van der Waals surface area contributed by atoms with Crippen LogP contribution in [-0.4, -0.2) is 53.5 Å². The van der Waals surface area contributed by atoms with E-state index < -0.39 is 22.5 Å². The van der Waals surface area contributed by atoms with Crippen molar-refractivity contribution in [2.24, 2.45) is 5.10 Å². The van der Waals surface area contributed by atoms with E-state index in [0.29, 0.717) is 11.3 Å². The van der Waals surface area contributed by atoms with E-state index in [2.05, 4.69) is 10.5 Å². The van der Waals surface area contributed by atoms with Crippen molar-refractivity contribution in [2.45, 2.75) is 11.8 Å². The van der Waals surface area contributed by atoms with Crippen LogP contribution >= 0.6 is 0 Å². The number of carbonyl (C=O) groups excluding carboxylic acids is 1. The maximum Gasteiger partial charge on any atom is 0.264 e. The lowest BCUT2D eigenvalue weighted by molar-refractivity contribution is -0.119. The summed E-state index contributed by atoms with van der Waals surface area (Å²) in [6, 6.07) is 15.7. The van der Waals surface area contributed by atoms with E-state index >= 15 is 0 Å². The first-order valence-electron chi connectivity index (χ1n) is 10.7. The van der Waals surface area contributed by atoms with Crippen LogP contribution in [0.3, 0.4) is 0 Å². The van der Waals surface area contributed by atoms with E-state index in [9.17, 15) is 18.3 Å². The number of anilines is 1. The molecular weight excluding hydrogens is 486 g/mol. The van der Waals surface area contributed by atoms with Gasteiger partial charge in [-0.15, -0.1) is 0 Å². The molecule has 36 heavy (non-hydrogen) atoms. The number of para-hydroxylation sites is 1. The number of hydrogen-bond donors (Lipinski definition) is 2. The number of amides is 1. The van der Waals surface area contributed by atoms with Crippen LogP contribution in [0.15, 0.2) is 70.7 Å². The third-order valence-electron chi connectivity index (χ3n) is 5.19. The highest BCUT2D eigenvalue weighted by Crippen LogP contribution is 2.35. The van der Waals surface area contributed by atoms with Crippen LogP contribution in [-0.2, 0) is 14.8 Å². The molecular formula is C25H27N3O7S. The van der Waals surface area contributed by atoms with Gasteiger partial charge in [0.05, 0.1) is 38.1 Å². The van der Waals surface area contributed by atoms with E-state index in [1.165, 1.54) is 45.7 Å². The molecule has 0 saturated heterocycles. The fraction of sp³-hybridized carbons (Fsp3) is 0.200. The third-order valence-corrected chi connectivity index (χ3v) is 6.97. The molecule has 0 aromatic heterocycles. The van der Waals surface area contributed by atoms with Crippen molar-refractivity contribution in [3.8, 4) is 23.0 Å². The van der Waals surface area contributed by atoms with Gasteiger partial charge in [-0.25, -0.2) is 13.8 Å². The number of aryl methyl sites for hydroxylation is 1. The van der Waals surface area contributed by atoms with Crippen LogP contribution in [0.1, 0.15) is 11.1 Å². The second-order valence-corrected chi connectivity index (χ2v) is 9.42. The molecule has 3 aromatic rings. The number of benzene rings is 3. The Morgan fingerprint density at radius 1 is 1.00 bits per heavy atom. The van der Waals surface area contributed by atoms with Gasteiger partial charge in [0.1, 0.15) is 18.0 Å². The van der Waals surface area contributed by atoms with E-state index in [1.54, 1.807) is 42.5 Å². The molecule has 190 valence electrons. The third kappa shape index (κ3) is 5.87. The van der Waals surface area contributed by atoms with Crippen molar-refractivity contribution in [2.75, 3.05) is 32.2 Å². The quantitative estimate of drug-likeness (QED) is 0.315. The summed E-state index contributed by atoms with van der Waals surface area (Å²) in [6.07, 6.45) is 1.22. The Hall–Kier alpha value is -4.25. The summed E-state index contributed by atoms with van der Waals surface area (Å²) < 4.78 is 43.8. The van der Waals surface area contributed by atoms with Crippen molar-refractivity contribution in [3.63, 3.8) is 0 Å². The number of aromatic hydroxyl groups is 1. The Labute approximate surface area is 209 Å². The zero-order chi connectivity index (χ0) is 26.3. The number of nitrogens with one attached hydrogen (secondary N) is 1. The topological polar surface area (TPSA) is 127 Å². The fourth-order valence-corrected chi connectivity index (χ4v) is 4.70. The minimum absolute atomic E-state index is 0.00410. The highest BCUT2D eigenvalue weighted by molar-refractivity contribution is 7.92. The highest BCUT2D eigenvalue weighted by atomic mass is 32.2. The van der Waals surface area contributed by atoms with Gasteiger partial charge in [-0.2, -0.15) is 5.10 Å². The van der Waals surface area contributed by atoms with Crippen molar-refractivity contribution in [1.29, 1.82) is 0 Å². The first kappa shape index (κ1) is 26.4. The van der Waals surface area contributed by atoms with Gasteiger partial charge >= 0.3 is 0 Å². The Morgan fingerprint density at radius 3 is 2.33 bits per heavy atom. The number of rotatable bonds is 10. The monoisotopic (exact) mass is 513 g/mol. The van der Waals surface area contributed by atoms with Crippen molar-refractivity contribution >= 4 is 27.8 Å².